The Labute approximate surface area is 77.5 Å². The fourth-order valence-corrected chi connectivity index (χ4v) is 0.905. The molecule has 0 aromatic heterocycles. The van der Waals surface area contributed by atoms with Gasteiger partial charge in [-0.05, 0) is 12.1 Å². The zero-order valence-corrected chi connectivity index (χ0v) is 7.19. The van der Waals surface area contributed by atoms with Gasteiger partial charge in [0.25, 0.3) is 0 Å². The summed E-state index contributed by atoms with van der Waals surface area (Å²) < 4.78 is 5.29. The summed E-state index contributed by atoms with van der Waals surface area (Å²) in [6, 6.07) is 6.98. The number of rotatable bonds is 4. The molecule has 0 amide bonds. The Bertz CT molecular complexity index is 323. The summed E-state index contributed by atoms with van der Waals surface area (Å²) in [5.74, 6) is 3.15. The van der Waals surface area contributed by atoms with Crippen molar-refractivity contribution in [1.82, 2.24) is 0 Å². The maximum Gasteiger partial charge on any atom is 0.150 e. The molecule has 0 radical (unpaired) electrons. The molecule has 0 spiro atoms. The summed E-state index contributed by atoms with van der Waals surface area (Å²) in [6.45, 7) is 0.485. The zero-order valence-electron chi connectivity index (χ0n) is 7.19. The lowest BCUT2D eigenvalue weighted by Crippen LogP contribution is -1.95. The van der Waals surface area contributed by atoms with E-state index in [1.165, 1.54) is 0 Å². The lowest BCUT2D eigenvalue weighted by atomic mass is 10.2. The highest BCUT2D eigenvalue weighted by Crippen LogP contribution is 2.11. The van der Waals surface area contributed by atoms with Crippen LogP contribution in [0.3, 0.4) is 0 Å². The van der Waals surface area contributed by atoms with E-state index < -0.39 is 0 Å². The van der Waals surface area contributed by atoms with Crippen molar-refractivity contribution < 1.29 is 9.53 Å². The van der Waals surface area contributed by atoms with Crippen LogP contribution in [-0.2, 0) is 0 Å². The molecule has 0 saturated heterocycles. The van der Waals surface area contributed by atoms with Crippen LogP contribution in [0.5, 0.6) is 5.75 Å². The largest absolute Gasteiger partial charge is 0.493 e. The fraction of sp³-hybridized carbons (Fsp3) is 0.182. The van der Waals surface area contributed by atoms with Crippen LogP contribution >= 0.6 is 0 Å². The minimum absolute atomic E-state index is 0.485. The molecule has 0 fully saturated rings. The summed E-state index contributed by atoms with van der Waals surface area (Å²) in [4.78, 5) is 10.4. The van der Waals surface area contributed by atoms with E-state index in [-0.39, 0.29) is 0 Å². The summed E-state index contributed by atoms with van der Waals surface area (Å²) in [6.07, 6.45) is 6.42. The van der Waals surface area contributed by atoms with Crippen molar-refractivity contribution >= 4 is 6.29 Å². The van der Waals surface area contributed by atoms with Crippen molar-refractivity contribution in [3.05, 3.63) is 29.8 Å². The Morgan fingerprint density at radius 2 is 2.38 bits per heavy atom. The van der Waals surface area contributed by atoms with Gasteiger partial charge in [0.05, 0.1) is 6.61 Å². The predicted molar refractivity (Wildman–Crippen MR) is 50.8 cm³/mol. The van der Waals surface area contributed by atoms with Crippen molar-refractivity contribution in [2.75, 3.05) is 6.61 Å². The first-order valence-corrected chi connectivity index (χ1v) is 3.98. The molecule has 0 heterocycles. The minimum atomic E-state index is 0.485. The van der Waals surface area contributed by atoms with E-state index in [2.05, 4.69) is 5.92 Å². The third-order valence-corrected chi connectivity index (χ3v) is 1.51. The van der Waals surface area contributed by atoms with E-state index in [0.717, 1.165) is 6.29 Å². The Hall–Kier alpha value is -1.75. The highest BCUT2D eigenvalue weighted by Gasteiger charge is 1.94. The summed E-state index contributed by atoms with van der Waals surface area (Å²) in [5, 5.41) is 0. The molecular weight excluding hydrogens is 164 g/mol. The third kappa shape index (κ3) is 3.00. The molecule has 0 bridgehead atoms. The number of benzene rings is 1. The fourth-order valence-electron chi connectivity index (χ4n) is 0.905. The van der Waals surface area contributed by atoms with Gasteiger partial charge in [-0.1, -0.05) is 12.1 Å². The average molecular weight is 174 g/mol. The number of terminal acetylenes is 1. The Balaban J connectivity index is 2.57. The molecule has 0 unspecified atom stereocenters. The van der Waals surface area contributed by atoms with E-state index in [9.17, 15) is 4.79 Å². The molecule has 1 aromatic carbocycles. The van der Waals surface area contributed by atoms with Gasteiger partial charge in [-0.15, -0.1) is 12.3 Å². The van der Waals surface area contributed by atoms with E-state index in [1.54, 1.807) is 24.3 Å². The zero-order chi connectivity index (χ0) is 9.52. The Morgan fingerprint density at radius 1 is 1.54 bits per heavy atom. The second-order valence-corrected chi connectivity index (χ2v) is 2.49. The highest BCUT2D eigenvalue weighted by molar-refractivity contribution is 5.75. The van der Waals surface area contributed by atoms with E-state index in [4.69, 9.17) is 11.2 Å². The number of hydrogen-bond donors (Lipinski definition) is 0. The summed E-state index contributed by atoms with van der Waals surface area (Å²) in [5.41, 5.74) is 0.609. The van der Waals surface area contributed by atoms with Gasteiger partial charge in [-0.2, -0.15) is 0 Å². The number of ether oxygens (including phenoxy) is 1. The number of hydrogen-bond acceptors (Lipinski definition) is 2. The maximum absolute atomic E-state index is 10.4. The van der Waals surface area contributed by atoms with Gasteiger partial charge in [-0.25, -0.2) is 0 Å². The molecule has 0 aliphatic heterocycles. The van der Waals surface area contributed by atoms with Crippen molar-refractivity contribution in [2.45, 2.75) is 6.42 Å². The second kappa shape index (κ2) is 5.00. The van der Waals surface area contributed by atoms with Crippen LogP contribution < -0.4 is 4.74 Å². The molecule has 2 heteroatoms. The van der Waals surface area contributed by atoms with Crippen molar-refractivity contribution in [2.24, 2.45) is 0 Å². The molecule has 0 N–H and O–H groups in total. The minimum Gasteiger partial charge on any atom is -0.493 e. The Morgan fingerprint density at radius 3 is 3.08 bits per heavy atom. The molecule has 0 atom stereocenters. The van der Waals surface area contributed by atoms with Gasteiger partial charge < -0.3 is 4.74 Å². The first kappa shape index (κ1) is 9.34. The standard InChI is InChI=1S/C11H10O2/c1-2-3-7-13-11-6-4-5-10(8-11)9-12/h1,4-6,8-9H,3,7H2. The highest BCUT2D eigenvalue weighted by atomic mass is 16.5. The molecular formula is C11H10O2. The van der Waals surface area contributed by atoms with E-state index >= 15 is 0 Å². The maximum atomic E-state index is 10.4. The quantitative estimate of drug-likeness (QED) is 0.396. The summed E-state index contributed by atoms with van der Waals surface area (Å²) in [7, 11) is 0. The van der Waals surface area contributed by atoms with Gasteiger partial charge in [0, 0.05) is 12.0 Å². The number of aldehydes is 1. The van der Waals surface area contributed by atoms with Crippen LogP contribution in [0.2, 0.25) is 0 Å². The van der Waals surface area contributed by atoms with Crippen molar-refractivity contribution in [3.63, 3.8) is 0 Å². The van der Waals surface area contributed by atoms with Crippen molar-refractivity contribution in [3.8, 4) is 18.1 Å². The van der Waals surface area contributed by atoms with Crippen LogP contribution in [0.25, 0.3) is 0 Å². The summed E-state index contributed by atoms with van der Waals surface area (Å²) >= 11 is 0. The van der Waals surface area contributed by atoms with E-state index in [1.807, 2.05) is 0 Å². The van der Waals surface area contributed by atoms with Crippen LogP contribution in [-0.4, -0.2) is 12.9 Å². The van der Waals surface area contributed by atoms with Gasteiger partial charge in [0.1, 0.15) is 12.0 Å². The second-order valence-electron chi connectivity index (χ2n) is 2.49. The first-order valence-electron chi connectivity index (χ1n) is 3.98. The van der Waals surface area contributed by atoms with E-state index in [0.29, 0.717) is 24.3 Å². The number of carbonyl (C=O) groups excluding carboxylic acids is 1. The van der Waals surface area contributed by atoms with Gasteiger partial charge in [0.2, 0.25) is 0 Å². The molecule has 66 valence electrons. The van der Waals surface area contributed by atoms with Gasteiger partial charge in [-0.3, -0.25) is 4.79 Å². The lowest BCUT2D eigenvalue weighted by molar-refractivity contribution is 0.112. The normalized spacial score (nSPS) is 8.85. The predicted octanol–water partition coefficient (Wildman–Crippen LogP) is 1.90. The van der Waals surface area contributed by atoms with Crippen LogP contribution in [0, 0.1) is 12.3 Å². The van der Waals surface area contributed by atoms with Gasteiger partial charge in [0.15, 0.2) is 0 Å². The monoisotopic (exact) mass is 174 g/mol. The van der Waals surface area contributed by atoms with Gasteiger partial charge >= 0.3 is 0 Å². The SMILES string of the molecule is C#CCCOc1cccc(C=O)c1. The van der Waals surface area contributed by atoms with Crippen molar-refractivity contribution in [1.29, 1.82) is 0 Å². The molecule has 0 aliphatic carbocycles. The molecule has 1 aromatic rings. The lowest BCUT2D eigenvalue weighted by Gasteiger charge is -2.03. The number of carbonyl (C=O) groups is 1. The Kier molecular flexibility index (Phi) is 3.59. The molecule has 1 rings (SSSR count). The third-order valence-electron chi connectivity index (χ3n) is 1.51. The average Bonchev–Trinajstić information content (AvgIpc) is 2.19. The van der Waals surface area contributed by atoms with Crippen LogP contribution in [0.1, 0.15) is 16.8 Å². The van der Waals surface area contributed by atoms with Crippen LogP contribution in [0.15, 0.2) is 24.3 Å². The smallest absolute Gasteiger partial charge is 0.150 e. The molecule has 2 nitrogen and oxygen atoms in total. The first-order chi connectivity index (χ1) is 6.36. The molecule has 0 saturated carbocycles. The molecule has 13 heavy (non-hydrogen) atoms. The molecule has 0 aliphatic rings. The topological polar surface area (TPSA) is 26.3 Å². The van der Waals surface area contributed by atoms with Crippen LogP contribution in [0.4, 0.5) is 0 Å².